The van der Waals surface area contributed by atoms with Crippen LogP contribution in [-0.4, -0.2) is 35.4 Å². The molecule has 1 aromatic rings. The van der Waals surface area contributed by atoms with Gasteiger partial charge >= 0.3 is 11.9 Å². The number of hydrogen-bond donors (Lipinski definition) is 0. The topological polar surface area (TPSA) is 90.0 Å². The van der Waals surface area contributed by atoms with Gasteiger partial charge in [-0.25, -0.2) is 4.79 Å². The molecule has 114 valence electrons. The van der Waals surface area contributed by atoms with E-state index >= 15 is 0 Å². The van der Waals surface area contributed by atoms with E-state index in [0.29, 0.717) is 11.5 Å². The third-order valence-electron chi connectivity index (χ3n) is 3.70. The lowest BCUT2D eigenvalue weighted by Gasteiger charge is -2.16. The summed E-state index contributed by atoms with van der Waals surface area (Å²) in [5.74, 6) is -2.95. The summed E-state index contributed by atoms with van der Waals surface area (Å²) in [6, 6.07) is 6.26. The summed E-state index contributed by atoms with van der Waals surface area (Å²) in [5, 5.41) is 0.487. The predicted molar refractivity (Wildman–Crippen MR) is 71.3 cm³/mol. The number of carbonyl (C=O) groups is 4. The monoisotopic (exact) mass is 303 g/mol. The van der Waals surface area contributed by atoms with Crippen molar-refractivity contribution in [2.45, 2.75) is 19.3 Å². The van der Waals surface area contributed by atoms with E-state index in [4.69, 9.17) is 9.57 Å². The van der Waals surface area contributed by atoms with Crippen LogP contribution < -0.4 is 0 Å². The van der Waals surface area contributed by atoms with Crippen molar-refractivity contribution < 1.29 is 28.8 Å². The van der Waals surface area contributed by atoms with Gasteiger partial charge in [0, 0.05) is 6.42 Å². The van der Waals surface area contributed by atoms with Crippen molar-refractivity contribution in [3.8, 4) is 0 Å². The van der Waals surface area contributed by atoms with E-state index in [9.17, 15) is 19.2 Å². The van der Waals surface area contributed by atoms with Crippen molar-refractivity contribution in [1.82, 2.24) is 5.06 Å². The molecule has 2 aliphatic rings. The Kier molecular flexibility index (Phi) is 3.62. The highest BCUT2D eigenvalue weighted by Crippen LogP contribution is 2.25. The van der Waals surface area contributed by atoms with Gasteiger partial charge in [-0.1, -0.05) is 17.2 Å². The molecule has 7 nitrogen and oxygen atoms in total. The Hall–Kier alpha value is -2.70. The summed E-state index contributed by atoms with van der Waals surface area (Å²) < 4.78 is 4.85. The lowest BCUT2D eigenvalue weighted by molar-refractivity contribution is -0.174. The van der Waals surface area contributed by atoms with E-state index in [2.05, 4.69) is 0 Å². The Morgan fingerprint density at radius 2 is 1.73 bits per heavy atom. The van der Waals surface area contributed by atoms with Gasteiger partial charge in [-0.3, -0.25) is 14.4 Å². The highest BCUT2D eigenvalue weighted by molar-refractivity contribution is 6.20. The van der Waals surface area contributed by atoms with Crippen LogP contribution in [0.5, 0.6) is 0 Å². The molecule has 1 atom stereocenters. The van der Waals surface area contributed by atoms with Crippen molar-refractivity contribution in [3.63, 3.8) is 0 Å². The minimum atomic E-state index is -0.701. The minimum Gasteiger partial charge on any atom is -0.466 e. The number of esters is 1. The van der Waals surface area contributed by atoms with Crippen LogP contribution in [0.1, 0.15) is 40.0 Å². The van der Waals surface area contributed by atoms with Gasteiger partial charge in [0.2, 0.25) is 0 Å². The Bertz CT molecular complexity index is 633. The highest BCUT2D eigenvalue weighted by atomic mass is 16.7. The maximum absolute atomic E-state index is 12.1. The van der Waals surface area contributed by atoms with Gasteiger partial charge < -0.3 is 9.57 Å². The van der Waals surface area contributed by atoms with E-state index in [1.807, 2.05) is 0 Å². The fourth-order valence-corrected chi connectivity index (χ4v) is 2.47. The van der Waals surface area contributed by atoms with Crippen molar-refractivity contribution in [3.05, 3.63) is 35.4 Å². The lowest BCUT2D eigenvalue weighted by atomic mass is 10.0. The first kappa shape index (κ1) is 14.2. The molecule has 2 amide bonds. The fourth-order valence-electron chi connectivity index (χ4n) is 2.47. The Balaban J connectivity index is 1.71. The number of hydroxylamine groups is 2. The van der Waals surface area contributed by atoms with Crippen molar-refractivity contribution >= 4 is 23.8 Å². The average molecular weight is 303 g/mol. The van der Waals surface area contributed by atoms with E-state index in [0.717, 1.165) is 0 Å². The molecule has 0 aromatic heterocycles. The Labute approximate surface area is 125 Å². The number of nitrogens with zero attached hydrogens (tertiary/aromatic N) is 1. The first-order chi connectivity index (χ1) is 10.6. The molecule has 7 heteroatoms. The Morgan fingerprint density at radius 3 is 2.36 bits per heavy atom. The van der Waals surface area contributed by atoms with Crippen LogP contribution in [-0.2, 0) is 19.2 Å². The first-order valence-corrected chi connectivity index (χ1v) is 6.93. The average Bonchev–Trinajstić information content (AvgIpc) is 2.69. The van der Waals surface area contributed by atoms with Crippen LogP contribution in [0.3, 0.4) is 0 Å². The third kappa shape index (κ3) is 2.45. The SMILES string of the molecule is O=C1CCC(C(=O)ON2C(=O)c3ccccc3C2=O)CCO1. The number of amides is 2. The molecule has 22 heavy (non-hydrogen) atoms. The second-order valence-corrected chi connectivity index (χ2v) is 5.11. The predicted octanol–water partition coefficient (Wildman–Crippen LogP) is 1.08. The molecule has 2 aliphatic heterocycles. The van der Waals surface area contributed by atoms with E-state index in [1.165, 1.54) is 12.1 Å². The second-order valence-electron chi connectivity index (χ2n) is 5.11. The summed E-state index contributed by atoms with van der Waals surface area (Å²) >= 11 is 0. The normalized spacial score (nSPS) is 21.2. The molecule has 1 saturated heterocycles. The number of cyclic esters (lactones) is 1. The van der Waals surface area contributed by atoms with Gasteiger partial charge in [0.05, 0.1) is 23.7 Å². The zero-order chi connectivity index (χ0) is 15.7. The summed E-state index contributed by atoms with van der Waals surface area (Å²) in [7, 11) is 0. The minimum absolute atomic E-state index is 0.113. The molecule has 0 N–H and O–H groups in total. The second kappa shape index (κ2) is 5.59. The summed E-state index contributed by atoms with van der Waals surface area (Å²) in [6.45, 7) is 0.126. The highest BCUT2D eigenvalue weighted by Gasteiger charge is 2.40. The zero-order valence-electron chi connectivity index (χ0n) is 11.6. The van der Waals surface area contributed by atoms with Gasteiger partial charge in [0.1, 0.15) is 0 Å². The number of hydrogen-bond acceptors (Lipinski definition) is 6. The van der Waals surface area contributed by atoms with Gasteiger partial charge in [-0.05, 0) is 25.0 Å². The number of fused-ring (bicyclic) bond motifs is 1. The smallest absolute Gasteiger partial charge is 0.336 e. The molecular weight excluding hydrogens is 290 g/mol. The number of rotatable bonds is 2. The van der Waals surface area contributed by atoms with Crippen LogP contribution in [0.4, 0.5) is 0 Å². The molecule has 1 fully saturated rings. The molecule has 0 bridgehead atoms. The Morgan fingerprint density at radius 1 is 1.09 bits per heavy atom. The van der Waals surface area contributed by atoms with E-state index < -0.39 is 23.7 Å². The fraction of sp³-hybridized carbons (Fsp3) is 0.333. The molecular formula is C15H13NO6. The molecule has 1 unspecified atom stereocenters. The molecule has 0 spiro atoms. The van der Waals surface area contributed by atoms with Crippen LogP contribution in [0, 0.1) is 5.92 Å². The van der Waals surface area contributed by atoms with Crippen LogP contribution >= 0.6 is 0 Å². The van der Waals surface area contributed by atoms with Crippen LogP contribution in [0.2, 0.25) is 0 Å². The number of imide groups is 1. The third-order valence-corrected chi connectivity index (χ3v) is 3.70. The standard InChI is InChI=1S/C15H13NO6/c17-12-6-5-9(7-8-21-12)15(20)22-16-13(18)10-3-1-2-4-11(10)14(16)19/h1-4,9H,5-8H2. The van der Waals surface area contributed by atoms with Crippen molar-refractivity contribution in [2.24, 2.45) is 5.92 Å². The molecule has 1 aromatic carbocycles. The summed E-state index contributed by atoms with van der Waals surface area (Å²) in [4.78, 5) is 52.4. The molecule has 0 saturated carbocycles. The maximum Gasteiger partial charge on any atom is 0.336 e. The number of benzene rings is 1. The van der Waals surface area contributed by atoms with Gasteiger partial charge in [-0.15, -0.1) is 0 Å². The molecule has 2 heterocycles. The van der Waals surface area contributed by atoms with Gasteiger partial charge in [0.15, 0.2) is 0 Å². The van der Waals surface area contributed by atoms with Crippen LogP contribution in [0.25, 0.3) is 0 Å². The molecule has 0 radical (unpaired) electrons. The van der Waals surface area contributed by atoms with E-state index in [1.54, 1.807) is 12.1 Å². The van der Waals surface area contributed by atoms with Crippen molar-refractivity contribution in [1.29, 1.82) is 0 Å². The number of ether oxygens (including phenoxy) is 1. The lowest BCUT2D eigenvalue weighted by Crippen LogP contribution is -2.35. The molecule has 0 aliphatic carbocycles. The van der Waals surface area contributed by atoms with Gasteiger partial charge in [0.25, 0.3) is 11.8 Å². The first-order valence-electron chi connectivity index (χ1n) is 6.93. The van der Waals surface area contributed by atoms with Gasteiger partial charge in [-0.2, -0.15) is 0 Å². The quantitative estimate of drug-likeness (QED) is 0.600. The van der Waals surface area contributed by atoms with Crippen LogP contribution in [0.15, 0.2) is 24.3 Å². The zero-order valence-corrected chi connectivity index (χ0v) is 11.6. The number of carbonyl (C=O) groups excluding carboxylic acids is 4. The summed E-state index contributed by atoms with van der Waals surface area (Å²) in [6.07, 6.45) is 0.705. The molecule has 3 rings (SSSR count). The van der Waals surface area contributed by atoms with E-state index in [-0.39, 0.29) is 36.5 Å². The maximum atomic E-state index is 12.1. The summed E-state index contributed by atoms with van der Waals surface area (Å²) in [5.41, 5.74) is 0.416. The van der Waals surface area contributed by atoms with Crippen molar-refractivity contribution in [2.75, 3.05) is 6.61 Å². The largest absolute Gasteiger partial charge is 0.466 e.